The van der Waals surface area contributed by atoms with Crippen molar-refractivity contribution in [3.8, 4) is 11.5 Å². The third kappa shape index (κ3) is 6.17. The average molecular weight is 515 g/mol. The van der Waals surface area contributed by atoms with Gasteiger partial charge in [0, 0.05) is 17.7 Å². The van der Waals surface area contributed by atoms with E-state index in [0.717, 1.165) is 0 Å². The summed E-state index contributed by atoms with van der Waals surface area (Å²) in [6.45, 7) is 1.74. The minimum atomic E-state index is -0.547. The molecule has 7 nitrogen and oxygen atoms in total. The Hall–Kier alpha value is -3.72. The van der Waals surface area contributed by atoms with Gasteiger partial charge < -0.3 is 14.8 Å². The summed E-state index contributed by atoms with van der Waals surface area (Å²) in [6.07, 6.45) is 2.79. The van der Waals surface area contributed by atoms with Crippen LogP contribution in [0.1, 0.15) is 16.7 Å². The SMILES string of the molecule is COc1cc(/C=C/C(=O)Nc2ccc(C)cc2[N+](=O)[O-])cc(Br)c1OCc1ccccc1F. The topological polar surface area (TPSA) is 90.7 Å². The zero-order valence-electron chi connectivity index (χ0n) is 17.8. The lowest BCUT2D eigenvalue weighted by Crippen LogP contribution is -2.09. The van der Waals surface area contributed by atoms with Gasteiger partial charge in [-0.3, -0.25) is 14.9 Å². The van der Waals surface area contributed by atoms with Crippen LogP contribution in [0.25, 0.3) is 6.08 Å². The third-order valence-corrected chi connectivity index (χ3v) is 5.21. The first-order valence-electron chi connectivity index (χ1n) is 9.76. The maximum absolute atomic E-state index is 13.9. The zero-order valence-corrected chi connectivity index (χ0v) is 19.4. The molecule has 0 fully saturated rings. The van der Waals surface area contributed by atoms with Crippen molar-refractivity contribution in [2.45, 2.75) is 13.5 Å². The number of carbonyl (C=O) groups is 1. The van der Waals surface area contributed by atoms with Gasteiger partial charge in [-0.05, 0) is 64.3 Å². The second kappa shape index (κ2) is 10.7. The lowest BCUT2D eigenvalue weighted by atomic mass is 10.1. The van der Waals surface area contributed by atoms with E-state index in [1.807, 2.05) is 0 Å². The average Bonchev–Trinajstić information content (AvgIpc) is 2.78. The van der Waals surface area contributed by atoms with Crippen molar-refractivity contribution >= 4 is 39.3 Å². The molecule has 33 heavy (non-hydrogen) atoms. The Morgan fingerprint density at radius 3 is 2.67 bits per heavy atom. The molecule has 1 amide bonds. The van der Waals surface area contributed by atoms with Gasteiger partial charge >= 0.3 is 0 Å². The van der Waals surface area contributed by atoms with E-state index < -0.39 is 10.8 Å². The van der Waals surface area contributed by atoms with E-state index in [1.54, 1.807) is 43.3 Å². The summed E-state index contributed by atoms with van der Waals surface area (Å²) < 4.78 is 25.5. The number of hydrogen-bond acceptors (Lipinski definition) is 5. The maximum Gasteiger partial charge on any atom is 0.293 e. The fraction of sp³-hybridized carbons (Fsp3) is 0.125. The molecule has 0 radical (unpaired) electrons. The predicted octanol–water partition coefficient (Wildman–Crippen LogP) is 6.04. The summed E-state index contributed by atoms with van der Waals surface area (Å²) in [5, 5.41) is 13.7. The van der Waals surface area contributed by atoms with Crippen molar-refractivity contribution in [1.29, 1.82) is 0 Å². The monoisotopic (exact) mass is 514 g/mol. The second-order valence-electron chi connectivity index (χ2n) is 7.01. The van der Waals surface area contributed by atoms with Crippen molar-refractivity contribution in [2.75, 3.05) is 12.4 Å². The quantitative estimate of drug-likeness (QED) is 0.224. The maximum atomic E-state index is 13.9. The highest BCUT2D eigenvalue weighted by atomic mass is 79.9. The molecule has 0 aliphatic heterocycles. The van der Waals surface area contributed by atoms with Gasteiger partial charge in [0.25, 0.3) is 5.69 Å². The van der Waals surface area contributed by atoms with E-state index in [0.29, 0.717) is 32.7 Å². The summed E-state index contributed by atoms with van der Waals surface area (Å²) >= 11 is 3.42. The van der Waals surface area contributed by atoms with Crippen LogP contribution in [-0.4, -0.2) is 17.9 Å². The number of anilines is 1. The van der Waals surface area contributed by atoms with Crippen molar-refractivity contribution in [3.05, 3.63) is 97.8 Å². The zero-order chi connectivity index (χ0) is 24.0. The van der Waals surface area contributed by atoms with E-state index in [1.165, 1.54) is 37.5 Å². The molecular weight excluding hydrogens is 495 g/mol. The van der Waals surface area contributed by atoms with Crippen LogP contribution in [0.5, 0.6) is 11.5 Å². The Balaban J connectivity index is 1.75. The lowest BCUT2D eigenvalue weighted by Gasteiger charge is -2.14. The molecule has 0 aliphatic carbocycles. The number of nitrogens with zero attached hydrogens (tertiary/aromatic N) is 1. The van der Waals surface area contributed by atoms with Gasteiger partial charge in [0.1, 0.15) is 18.1 Å². The molecule has 1 N–H and O–H groups in total. The number of ether oxygens (including phenoxy) is 2. The molecule has 0 saturated carbocycles. The molecule has 0 spiro atoms. The van der Waals surface area contributed by atoms with Crippen LogP contribution in [-0.2, 0) is 11.4 Å². The van der Waals surface area contributed by atoms with E-state index in [-0.39, 0.29) is 23.8 Å². The summed E-state index contributed by atoms with van der Waals surface area (Å²) in [5.74, 6) is -0.128. The largest absolute Gasteiger partial charge is 0.493 e. The van der Waals surface area contributed by atoms with Gasteiger partial charge in [0.2, 0.25) is 5.91 Å². The van der Waals surface area contributed by atoms with Gasteiger partial charge in [-0.25, -0.2) is 4.39 Å². The van der Waals surface area contributed by atoms with Crippen molar-refractivity contribution in [1.82, 2.24) is 0 Å². The normalized spacial score (nSPS) is 10.8. The highest BCUT2D eigenvalue weighted by Gasteiger charge is 2.16. The number of nitrogens with one attached hydrogen (secondary N) is 1. The first-order valence-corrected chi connectivity index (χ1v) is 10.6. The number of nitro groups is 1. The van der Waals surface area contributed by atoms with Crippen molar-refractivity contribution < 1.29 is 23.6 Å². The summed E-state index contributed by atoms with van der Waals surface area (Å²) in [5.41, 5.74) is 1.65. The van der Waals surface area contributed by atoms with Crippen LogP contribution in [0, 0.1) is 22.9 Å². The number of halogens is 2. The van der Waals surface area contributed by atoms with Crippen LogP contribution in [0.2, 0.25) is 0 Å². The molecule has 0 aromatic heterocycles. The molecule has 0 bridgehead atoms. The molecule has 0 atom stereocenters. The number of amides is 1. The number of hydrogen-bond donors (Lipinski definition) is 1. The van der Waals surface area contributed by atoms with Gasteiger partial charge in [0.15, 0.2) is 11.5 Å². The van der Waals surface area contributed by atoms with Gasteiger partial charge in [0.05, 0.1) is 16.5 Å². The number of benzene rings is 3. The van der Waals surface area contributed by atoms with E-state index in [2.05, 4.69) is 21.2 Å². The Labute approximate surface area is 198 Å². The molecule has 0 unspecified atom stereocenters. The number of aryl methyl sites for hydroxylation is 1. The molecule has 3 rings (SSSR count). The van der Waals surface area contributed by atoms with Crippen molar-refractivity contribution in [3.63, 3.8) is 0 Å². The van der Waals surface area contributed by atoms with Crippen molar-refractivity contribution in [2.24, 2.45) is 0 Å². The summed E-state index contributed by atoms with van der Waals surface area (Å²) in [7, 11) is 1.47. The number of nitro benzene ring substituents is 1. The number of carbonyl (C=O) groups excluding carboxylic acids is 1. The van der Waals surface area contributed by atoms with E-state index >= 15 is 0 Å². The van der Waals surface area contributed by atoms with Gasteiger partial charge in [-0.1, -0.05) is 24.3 Å². The first kappa shape index (κ1) is 23.9. The second-order valence-corrected chi connectivity index (χ2v) is 7.87. The molecule has 0 saturated heterocycles. The Morgan fingerprint density at radius 2 is 1.97 bits per heavy atom. The minimum Gasteiger partial charge on any atom is -0.493 e. The Morgan fingerprint density at radius 1 is 1.21 bits per heavy atom. The fourth-order valence-corrected chi connectivity index (χ4v) is 3.56. The standard InChI is InChI=1S/C24H20BrFN2O5/c1-15-7-9-20(21(11-15)28(30)31)27-23(29)10-8-16-12-18(25)24(22(13-16)32-2)33-14-17-5-3-4-6-19(17)26/h3-13H,14H2,1-2H3,(H,27,29)/b10-8+. The fourth-order valence-electron chi connectivity index (χ4n) is 2.99. The molecule has 0 heterocycles. The van der Waals surface area contributed by atoms with Crippen LogP contribution in [0.15, 0.2) is 65.1 Å². The van der Waals surface area contributed by atoms with E-state index in [9.17, 15) is 19.3 Å². The molecular formula is C24H20BrFN2O5. The van der Waals surface area contributed by atoms with Gasteiger partial charge in [-0.15, -0.1) is 0 Å². The molecule has 0 aliphatic rings. The van der Waals surface area contributed by atoms with Gasteiger partial charge in [-0.2, -0.15) is 0 Å². The minimum absolute atomic E-state index is 0.00849. The highest BCUT2D eigenvalue weighted by Crippen LogP contribution is 2.37. The number of methoxy groups -OCH3 is 1. The molecule has 3 aromatic rings. The van der Waals surface area contributed by atoms with Crippen LogP contribution < -0.4 is 14.8 Å². The summed E-state index contributed by atoms with van der Waals surface area (Å²) in [6, 6.07) is 14.2. The lowest BCUT2D eigenvalue weighted by molar-refractivity contribution is -0.384. The third-order valence-electron chi connectivity index (χ3n) is 4.62. The molecule has 3 aromatic carbocycles. The predicted molar refractivity (Wildman–Crippen MR) is 127 cm³/mol. The van der Waals surface area contributed by atoms with E-state index in [4.69, 9.17) is 9.47 Å². The Bertz CT molecular complexity index is 1230. The number of rotatable bonds is 8. The van der Waals surface area contributed by atoms with Crippen LogP contribution in [0.4, 0.5) is 15.8 Å². The molecule has 9 heteroatoms. The summed E-state index contributed by atoms with van der Waals surface area (Å²) in [4.78, 5) is 23.0. The molecule has 170 valence electrons. The van der Waals surface area contributed by atoms with Crippen LogP contribution >= 0.6 is 15.9 Å². The highest BCUT2D eigenvalue weighted by molar-refractivity contribution is 9.10. The first-order chi connectivity index (χ1) is 15.8. The smallest absolute Gasteiger partial charge is 0.293 e. The Kier molecular flexibility index (Phi) is 7.78. The van der Waals surface area contributed by atoms with Crippen LogP contribution in [0.3, 0.4) is 0 Å².